The average Bonchev–Trinajstić information content (AvgIpc) is 2.57. The van der Waals surface area contributed by atoms with Crippen LogP contribution in [0.1, 0.15) is 11.1 Å². The van der Waals surface area contributed by atoms with E-state index in [0.29, 0.717) is 28.2 Å². The number of hydrogen-bond donors (Lipinski definition) is 4. The SMILES string of the molecule is Oc1cc(Cl)cc(CNc2ccc(Cl)cc2NCc2cc(O)cc(Cl)c2)c1. The number of halogens is 3. The zero-order valence-corrected chi connectivity index (χ0v) is 16.4. The third kappa shape index (κ3) is 5.60. The monoisotopic (exact) mass is 422 g/mol. The minimum Gasteiger partial charge on any atom is -0.508 e. The van der Waals surface area contributed by atoms with Crippen molar-refractivity contribution in [3.05, 3.63) is 80.8 Å². The fourth-order valence-electron chi connectivity index (χ4n) is 2.68. The van der Waals surface area contributed by atoms with Gasteiger partial charge in [-0.25, -0.2) is 0 Å². The van der Waals surface area contributed by atoms with Crippen LogP contribution in [0.5, 0.6) is 11.5 Å². The van der Waals surface area contributed by atoms with Gasteiger partial charge in [-0.15, -0.1) is 0 Å². The molecule has 0 spiro atoms. The first kappa shape index (κ1) is 19.5. The molecule has 3 aromatic rings. The first-order chi connectivity index (χ1) is 12.9. The summed E-state index contributed by atoms with van der Waals surface area (Å²) in [5, 5.41) is 27.5. The number of hydrogen-bond acceptors (Lipinski definition) is 4. The molecule has 0 radical (unpaired) electrons. The number of rotatable bonds is 6. The standard InChI is InChI=1S/C20H17Cl3N2O2/c21-14-1-2-19(24-10-12-3-15(22)7-17(26)5-12)20(9-14)25-11-13-4-16(23)8-18(27)6-13/h1-9,24-27H,10-11H2. The van der Waals surface area contributed by atoms with Crippen LogP contribution in [0.3, 0.4) is 0 Å². The molecular formula is C20H17Cl3N2O2. The van der Waals surface area contributed by atoms with Crippen LogP contribution in [0.4, 0.5) is 11.4 Å². The third-order valence-corrected chi connectivity index (χ3v) is 4.50. The lowest BCUT2D eigenvalue weighted by atomic mass is 10.2. The van der Waals surface area contributed by atoms with Gasteiger partial charge in [0, 0.05) is 28.2 Å². The Morgan fingerprint density at radius 3 is 1.63 bits per heavy atom. The molecule has 0 bridgehead atoms. The van der Waals surface area contributed by atoms with E-state index in [1.165, 1.54) is 12.1 Å². The van der Waals surface area contributed by atoms with Crippen LogP contribution in [0.25, 0.3) is 0 Å². The van der Waals surface area contributed by atoms with Crippen LogP contribution < -0.4 is 10.6 Å². The predicted molar refractivity (Wildman–Crippen MR) is 112 cm³/mol. The summed E-state index contributed by atoms with van der Waals surface area (Å²) in [4.78, 5) is 0. The number of anilines is 2. The number of aromatic hydroxyl groups is 2. The van der Waals surface area contributed by atoms with Gasteiger partial charge in [-0.05, 0) is 65.7 Å². The van der Waals surface area contributed by atoms with Gasteiger partial charge >= 0.3 is 0 Å². The minimum absolute atomic E-state index is 0.115. The number of phenolic OH excluding ortho intramolecular Hbond substituents is 2. The van der Waals surface area contributed by atoms with Crippen molar-refractivity contribution < 1.29 is 10.2 Å². The topological polar surface area (TPSA) is 64.5 Å². The first-order valence-electron chi connectivity index (χ1n) is 8.13. The van der Waals surface area contributed by atoms with Crippen molar-refractivity contribution in [3.8, 4) is 11.5 Å². The van der Waals surface area contributed by atoms with Gasteiger partial charge in [0.05, 0.1) is 11.4 Å². The maximum absolute atomic E-state index is 9.67. The molecule has 27 heavy (non-hydrogen) atoms. The average molecular weight is 424 g/mol. The van der Waals surface area contributed by atoms with Gasteiger partial charge in [0.1, 0.15) is 11.5 Å². The quantitative estimate of drug-likeness (QED) is 0.376. The van der Waals surface area contributed by atoms with Crippen molar-refractivity contribution in [2.75, 3.05) is 10.6 Å². The van der Waals surface area contributed by atoms with E-state index in [-0.39, 0.29) is 11.5 Å². The molecule has 4 nitrogen and oxygen atoms in total. The molecule has 0 aliphatic heterocycles. The van der Waals surface area contributed by atoms with E-state index in [2.05, 4.69) is 10.6 Å². The molecule has 0 saturated heterocycles. The lowest BCUT2D eigenvalue weighted by Crippen LogP contribution is -2.05. The summed E-state index contributed by atoms with van der Waals surface area (Å²) in [6.07, 6.45) is 0. The van der Waals surface area contributed by atoms with E-state index in [1.807, 2.05) is 12.1 Å². The summed E-state index contributed by atoms with van der Waals surface area (Å²) in [6.45, 7) is 0.934. The molecular weight excluding hydrogens is 407 g/mol. The number of nitrogens with one attached hydrogen (secondary N) is 2. The van der Waals surface area contributed by atoms with E-state index >= 15 is 0 Å². The van der Waals surface area contributed by atoms with E-state index in [4.69, 9.17) is 34.8 Å². The lowest BCUT2D eigenvalue weighted by Gasteiger charge is -2.15. The van der Waals surface area contributed by atoms with Crippen LogP contribution in [-0.4, -0.2) is 10.2 Å². The normalized spacial score (nSPS) is 10.6. The summed E-state index contributed by atoms with van der Waals surface area (Å²) in [7, 11) is 0. The number of phenols is 2. The second kappa shape index (κ2) is 8.61. The van der Waals surface area contributed by atoms with Crippen molar-refractivity contribution in [3.63, 3.8) is 0 Å². The molecule has 0 atom stereocenters. The maximum atomic E-state index is 9.67. The molecule has 0 fully saturated rings. The Morgan fingerprint density at radius 2 is 1.11 bits per heavy atom. The van der Waals surface area contributed by atoms with Gasteiger partial charge in [0.15, 0.2) is 0 Å². The molecule has 0 aromatic heterocycles. The molecule has 7 heteroatoms. The smallest absolute Gasteiger partial charge is 0.117 e. The summed E-state index contributed by atoms with van der Waals surface area (Å²) in [5.74, 6) is 0.235. The van der Waals surface area contributed by atoms with Gasteiger partial charge in [-0.3, -0.25) is 0 Å². The van der Waals surface area contributed by atoms with Gasteiger partial charge in [0.25, 0.3) is 0 Å². The van der Waals surface area contributed by atoms with Crippen molar-refractivity contribution in [2.45, 2.75) is 13.1 Å². The molecule has 3 aromatic carbocycles. The first-order valence-corrected chi connectivity index (χ1v) is 9.26. The van der Waals surface area contributed by atoms with Crippen molar-refractivity contribution in [2.24, 2.45) is 0 Å². The van der Waals surface area contributed by atoms with Crippen LogP contribution in [0.2, 0.25) is 15.1 Å². The van der Waals surface area contributed by atoms with Crippen molar-refractivity contribution in [1.82, 2.24) is 0 Å². The maximum Gasteiger partial charge on any atom is 0.117 e. The van der Waals surface area contributed by atoms with Crippen LogP contribution in [-0.2, 0) is 13.1 Å². The largest absolute Gasteiger partial charge is 0.508 e. The molecule has 3 rings (SSSR count). The Bertz CT molecular complexity index is 923. The van der Waals surface area contributed by atoms with E-state index in [0.717, 1.165) is 22.5 Å². The predicted octanol–water partition coefficient (Wildman–Crippen LogP) is 6.28. The molecule has 0 heterocycles. The summed E-state index contributed by atoms with van der Waals surface area (Å²) < 4.78 is 0. The van der Waals surface area contributed by atoms with Gasteiger partial charge in [-0.1, -0.05) is 34.8 Å². The Hall–Kier alpha value is -2.27. The van der Waals surface area contributed by atoms with Crippen molar-refractivity contribution in [1.29, 1.82) is 0 Å². The summed E-state index contributed by atoms with van der Waals surface area (Å²) in [6, 6.07) is 15.3. The molecule has 140 valence electrons. The molecule has 0 saturated carbocycles. The van der Waals surface area contributed by atoms with Crippen LogP contribution in [0, 0.1) is 0 Å². The van der Waals surface area contributed by atoms with Crippen LogP contribution in [0.15, 0.2) is 54.6 Å². The number of benzene rings is 3. The highest BCUT2D eigenvalue weighted by atomic mass is 35.5. The lowest BCUT2D eigenvalue weighted by molar-refractivity contribution is 0.474. The van der Waals surface area contributed by atoms with Gasteiger partial charge < -0.3 is 20.8 Å². The van der Waals surface area contributed by atoms with E-state index < -0.39 is 0 Å². The van der Waals surface area contributed by atoms with Crippen LogP contribution >= 0.6 is 34.8 Å². The van der Waals surface area contributed by atoms with Gasteiger partial charge in [-0.2, -0.15) is 0 Å². The summed E-state index contributed by atoms with van der Waals surface area (Å²) in [5.41, 5.74) is 3.32. The van der Waals surface area contributed by atoms with E-state index in [9.17, 15) is 10.2 Å². The highest BCUT2D eigenvalue weighted by Crippen LogP contribution is 2.28. The summed E-state index contributed by atoms with van der Waals surface area (Å²) >= 11 is 18.1. The fraction of sp³-hybridized carbons (Fsp3) is 0.100. The molecule has 0 aliphatic carbocycles. The zero-order chi connectivity index (χ0) is 19.4. The minimum atomic E-state index is 0.115. The fourth-order valence-corrected chi connectivity index (χ4v) is 3.36. The molecule has 4 N–H and O–H groups in total. The van der Waals surface area contributed by atoms with Gasteiger partial charge in [0.2, 0.25) is 0 Å². The highest BCUT2D eigenvalue weighted by molar-refractivity contribution is 6.31. The Kier molecular flexibility index (Phi) is 6.22. The Labute approximate surface area is 172 Å². The zero-order valence-electron chi connectivity index (χ0n) is 14.1. The molecule has 0 unspecified atom stereocenters. The third-order valence-electron chi connectivity index (χ3n) is 3.83. The second-order valence-corrected chi connectivity index (χ2v) is 7.34. The highest BCUT2D eigenvalue weighted by Gasteiger charge is 2.06. The van der Waals surface area contributed by atoms with Crippen molar-refractivity contribution >= 4 is 46.2 Å². The molecule has 0 amide bonds. The Balaban J connectivity index is 1.74. The second-order valence-electron chi connectivity index (χ2n) is 6.03. The Morgan fingerprint density at radius 1 is 0.593 bits per heavy atom. The van der Waals surface area contributed by atoms with E-state index in [1.54, 1.807) is 30.3 Å². The molecule has 0 aliphatic rings.